The molecule has 1 saturated heterocycles. The molecule has 0 unspecified atom stereocenters. The number of methoxy groups -OCH3 is 1. The average molecular weight is 364 g/mol. The van der Waals surface area contributed by atoms with Gasteiger partial charge in [0.2, 0.25) is 0 Å². The van der Waals surface area contributed by atoms with Gasteiger partial charge < -0.3 is 14.8 Å². The molecule has 0 atom stereocenters. The zero-order valence-electron chi connectivity index (χ0n) is 16.4. The molecule has 2 heterocycles. The summed E-state index contributed by atoms with van der Waals surface area (Å²) in [6.07, 6.45) is 1.43. The summed E-state index contributed by atoms with van der Waals surface area (Å²) in [5.74, 6) is 0.774. The Kier molecular flexibility index (Phi) is 4.70. The molecule has 142 valence electrons. The molecule has 1 aliphatic heterocycles. The van der Waals surface area contributed by atoms with Crippen molar-refractivity contribution in [2.24, 2.45) is 0 Å². The average Bonchev–Trinajstić information content (AvgIpc) is 2.98. The second-order valence-corrected chi connectivity index (χ2v) is 7.79. The minimum atomic E-state index is -0.810. The van der Waals surface area contributed by atoms with Gasteiger partial charge in [0.1, 0.15) is 5.75 Å². The normalized spacial score (nSPS) is 17.3. The second kappa shape index (κ2) is 7.02. The van der Waals surface area contributed by atoms with E-state index in [0.717, 1.165) is 30.9 Å². The lowest BCUT2D eigenvalue weighted by molar-refractivity contribution is -0.0291. The molecule has 0 amide bonds. The third-order valence-electron chi connectivity index (χ3n) is 5.95. The summed E-state index contributed by atoms with van der Waals surface area (Å²) in [4.78, 5) is 5.97. The minimum Gasteiger partial charge on any atom is -0.496 e. The van der Waals surface area contributed by atoms with Crippen molar-refractivity contribution in [3.05, 3.63) is 64.8 Å². The van der Waals surface area contributed by atoms with Crippen LogP contribution < -0.4 is 4.74 Å². The Morgan fingerprint density at radius 2 is 1.85 bits per heavy atom. The number of nitrogens with one attached hydrogen (secondary N) is 1. The smallest absolute Gasteiger partial charge is 0.124 e. The summed E-state index contributed by atoms with van der Waals surface area (Å²) >= 11 is 0. The Morgan fingerprint density at radius 1 is 1.11 bits per heavy atom. The summed E-state index contributed by atoms with van der Waals surface area (Å²) in [6.45, 7) is 6.92. The third-order valence-corrected chi connectivity index (χ3v) is 5.95. The molecule has 4 heteroatoms. The number of likely N-dealkylation sites (tertiary alicyclic amines) is 1. The van der Waals surface area contributed by atoms with Gasteiger partial charge in [-0.3, -0.25) is 4.90 Å². The fourth-order valence-corrected chi connectivity index (χ4v) is 4.31. The van der Waals surface area contributed by atoms with Crippen LogP contribution in [0, 0.1) is 13.8 Å². The number of aromatic nitrogens is 1. The van der Waals surface area contributed by atoms with Crippen molar-refractivity contribution in [1.82, 2.24) is 9.88 Å². The summed E-state index contributed by atoms with van der Waals surface area (Å²) in [5, 5.41) is 12.6. The van der Waals surface area contributed by atoms with Gasteiger partial charge in [0, 0.05) is 41.8 Å². The molecule has 2 aromatic carbocycles. The van der Waals surface area contributed by atoms with E-state index in [1.807, 2.05) is 24.3 Å². The number of hydrogen-bond donors (Lipinski definition) is 2. The van der Waals surface area contributed by atoms with E-state index in [0.29, 0.717) is 12.8 Å². The van der Waals surface area contributed by atoms with Crippen LogP contribution in [-0.2, 0) is 12.1 Å². The maximum atomic E-state index is 11.2. The molecule has 2 N–H and O–H groups in total. The molecule has 1 fully saturated rings. The molecule has 0 bridgehead atoms. The summed E-state index contributed by atoms with van der Waals surface area (Å²) in [6, 6.07) is 14.4. The number of hydrogen-bond acceptors (Lipinski definition) is 3. The zero-order valence-corrected chi connectivity index (χ0v) is 16.4. The molecule has 0 radical (unpaired) electrons. The molecule has 4 nitrogen and oxygen atoms in total. The van der Waals surface area contributed by atoms with Gasteiger partial charge in [0.15, 0.2) is 0 Å². The minimum absolute atomic E-state index is 0.716. The van der Waals surface area contributed by atoms with Crippen molar-refractivity contribution in [1.29, 1.82) is 0 Å². The Bertz CT molecular complexity index is 952. The molecular formula is C23H28N2O2. The topological polar surface area (TPSA) is 48.5 Å². The fourth-order valence-electron chi connectivity index (χ4n) is 4.31. The number of aliphatic hydroxyl groups is 1. The number of benzene rings is 2. The van der Waals surface area contributed by atoms with Crippen LogP contribution >= 0.6 is 0 Å². The number of piperidine rings is 1. The highest BCUT2D eigenvalue weighted by Crippen LogP contribution is 2.38. The van der Waals surface area contributed by atoms with Gasteiger partial charge in [-0.2, -0.15) is 0 Å². The molecule has 1 aromatic heterocycles. The number of H-pyrrole nitrogens is 1. The predicted octanol–water partition coefficient (Wildman–Crippen LogP) is 4.28. The first-order valence-corrected chi connectivity index (χ1v) is 9.66. The van der Waals surface area contributed by atoms with Crippen LogP contribution in [0.15, 0.2) is 42.5 Å². The Labute approximate surface area is 160 Å². The van der Waals surface area contributed by atoms with Crippen molar-refractivity contribution in [3.8, 4) is 5.75 Å². The number of nitrogens with zero attached hydrogens (tertiary/aromatic N) is 1. The van der Waals surface area contributed by atoms with E-state index in [-0.39, 0.29) is 0 Å². The van der Waals surface area contributed by atoms with Crippen molar-refractivity contribution >= 4 is 10.9 Å². The fraction of sp³-hybridized carbons (Fsp3) is 0.391. The van der Waals surface area contributed by atoms with Gasteiger partial charge in [-0.15, -0.1) is 0 Å². The standard InChI is InChI=1S/C23H28N2O2/c1-16-8-9-18-19(17(2)24-21(18)14-16)15-25-12-10-23(26,11-13-25)20-6-4-5-7-22(20)27-3/h4-9,14,24,26H,10-13,15H2,1-3H3. The van der Waals surface area contributed by atoms with Crippen LogP contribution in [0.4, 0.5) is 0 Å². The van der Waals surface area contributed by atoms with E-state index in [9.17, 15) is 5.11 Å². The predicted molar refractivity (Wildman–Crippen MR) is 109 cm³/mol. The van der Waals surface area contributed by atoms with Crippen molar-refractivity contribution < 1.29 is 9.84 Å². The lowest BCUT2D eigenvalue weighted by atomic mass is 9.83. The van der Waals surface area contributed by atoms with Crippen LogP contribution in [0.2, 0.25) is 0 Å². The van der Waals surface area contributed by atoms with Crippen molar-refractivity contribution in [3.63, 3.8) is 0 Å². The zero-order chi connectivity index (χ0) is 19.0. The van der Waals surface area contributed by atoms with Gasteiger partial charge >= 0.3 is 0 Å². The number of aromatic amines is 1. The van der Waals surface area contributed by atoms with Crippen molar-refractivity contribution in [2.75, 3.05) is 20.2 Å². The van der Waals surface area contributed by atoms with Crippen LogP contribution in [0.1, 0.15) is 35.2 Å². The highest BCUT2D eigenvalue weighted by molar-refractivity contribution is 5.85. The monoisotopic (exact) mass is 364 g/mol. The third kappa shape index (κ3) is 3.35. The molecule has 0 saturated carbocycles. The van der Waals surface area contributed by atoms with Gasteiger partial charge in [0.05, 0.1) is 12.7 Å². The maximum Gasteiger partial charge on any atom is 0.124 e. The van der Waals surface area contributed by atoms with E-state index >= 15 is 0 Å². The van der Waals surface area contributed by atoms with E-state index < -0.39 is 5.60 Å². The number of ether oxygens (including phenoxy) is 1. The van der Waals surface area contributed by atoms with Crippen LogP contribution in [-0.4, -0.2) is 35.2 Å². The highest BCUT2D eigenvalue weighted by atomic mass is 16.5. The molecule has 27 heavy (non-hydrogen) atoms. The van der Waals surface area contributed by atoms with Gasteiger partial charge in [-0.1, -0.05) is 30.3 Å². The molecular weight excluding hydrogens is 336 g/mol. The molecule has 4 rings (SSSR count). The lowest BCUT2D eigenvalue weighted by Gasteiger charge is -2.39. The first kappa shape index (κ1) is 18.1. The first-order valence-electron chi connectivity index (χ1n) is 9.66. The SMILES string of the molecule is COc1ccccc1C1(O)CCN(Cc2c(C)[nH]c3cc(C)ccc23)CC1. The Balaban J connectivity index is 1.51. The first-order chi connectivity index (χ1) is 13.0. The van der Waals surface area contributed by atoms with Crippen LogP contribution in [0.5, 0.6) is 5.75 Å². The molecule has 3 aromatic rings. The van der Waals surface area contributed by atoms with Gasteiger partial charge in [-0.25, -0.2) is 0 Å². The quantitative estimate of drug-likeness (QED) is 0.726. The second-order valence-electron chi connectivity index (χ2n) is 7.79. The van der Waals surface area contributed by atoms with Gasteiger partial charge in [-0.05, 0) is 49.9 Å². The van der Waals surface area contributed by atoms with E-state index in [4.69, 9.17) is 4.74 Å². The number of fused-ring (bicyclic) bond motifs is 1. The van der Waals surface area contributed by atoms with E-state index in [1.54, 1.807) is 7.11 Å². The largest absolute Gasteiger partial charge is 0.496 e. The van der Waals surface area contributed by atoms with Gasteiger partial charge in [0.25, 0.3) is 0 Å². The van der Waals surface area contributed by atoms with Crippen molar-refractivity contribution in [2.45, 2.75) is 38.8 Å². The number of aryl methyl sites for hydroxylation is 2. The lowest BCUT2D eigenvalue weighted by Crippen LogP contribution is -2.42. The van der Waals surface area contributed by atoms with E-state index in [1.165, 1.54) is 27.7 Å². The summed E-state index contributed by atoms with van der Waals surface area (Å²) in [7, 11) is 1.67. The number of rotatable bonds is 4. The van der Waals surface area contributed by atoms with Crippen LogP contribution in [0.25, 0.3) is 10.9 Å². The molecule has 0 spiro atoms. The van der Waals surface area contributed by atoms with Crippen LogP contribution in [0.3, 0.4) is 0 Å². The molecule has 1 aliphatic rings. The Hall–Kier alpha value is -2.30. The summed E-state index contributed by atoms with van der Waals surface area (Å²) < 4.78 is 5.47. The maximum absolute atomic E-state index is 11.2. The number of para-hydroxylation sites is 1. The molecule has 0 aliphatic carbocycles. The highest BCUT2D eigenvalue weighted by Gasteiger charge is 2.36. The Morgan fingerprint density at radius 3 is 2.59 bits per heavy atom. The van der Waals surface area contributed by atoms with E-state index in [2.05, 4.69) is 41.9 Å². The summed E-state index contributed by atoms with van der Waals surface area (Å²) in [5.41, 5.74) is 5.19.